The molecule has 0 unspecified atom stereocenters. The second kappa shape index (κ2) is 8.24. The van der Waals surface area contributed by atoms with Crippen LogP contribution in [0, 0.1) is 6.92 Å². The molecule has 0 saturated heterocycles. The number of rotatable bonds is 6. The number of ether oxygens (including phenoxy) is 2. The molecule has 4 aromatic rings. The molecule has 0 atom stereocenters. The summed E-state index contributed by atoms with van der Waals surface area (Å²) in [5.41, 5.74) is 2.87. The number of hydrogen-bond donors (Lipinski definition) is 0. The second-order valence-electron chi connectivity index (χ2n) is 6.17. The van der Waals surface area contributed by atoms with Crippen LogP contribution in [0.25, 0.3) is 22.0 Å². The number of esters is 1. The average Bonchev–Trinajstić information content (AvgIpc) is 3.41. The van der Waals surface area contributed by atoms with Gasteiger partial charge in [0.2, 0.25) is 0 Å². The van der Waals surface area contributed by atoms with Gasteiger partial charge in [0.1, 0.15) is 17.4 Å². The Hall–Kier alpha value is -3.52. The average molecular weight is 407 g/mol. The van der Waals surface area contributed by atoms with E-state index in [1.807, 2.05) is 29.6 Å². The Balaban J connectivity index is 1.37. The minimum atomic E-state index is -0.419. The van der Waals surface area contributed by atoms with Crippen molar-refractivity contribution in [2.75, 3.05) is 7.11 Å². The number of aromatic nitrogens is 3. The van der Waals surface area contributed by atoms with Crippen LogP contribution >= 0.6 is 11.3 Å². The molecule has 0 saturated carbocycles. The third-order valence-corrected chi connectivity index (χ3v) is 5.08. The van der Waals surface area contributed by atoms with E-state index in [-0.39, 0.29) is 6.61 Å². The summed E-state index contributed by atoms with van der Waals surface area (Å²) in [5, 5.41) is 6.50. The number of aryl methyl sites for hydroxylation is 1. The highest BCUT2D eigenvalue weighted by Crippen LogP contribution is 2.26. The summed E-state index contributed by atoms with van der Waals surface area (Å²) in [6, 6.07) is 14.5. The summed E-state index contributed by atoms with van der Waals surface area (Å²) in [7, 11) is 1.63. The SMILES string of the molecule is COc1ccc(-c2nc(COC(=O)c3ccc(-c4nc(C)no4)cc3)cs2)cc1. The Kier molecular flexibility index (Phi) is 5.35. The minimum Gasteiger partial charge on any atom is -0.497 e. The van der Waals surface area contributed by atoms with E-state index in [1.165, 1.54) is 11.3 Å². The van der Waals surface area contributed by atoms with Gasteiger partial charge in [0, 0.05) is 16.5 Å². The first-order valence-corrected chi connectivity index (χ1v) is 9.67. The maximum atomic E-state index is 12.3. The quantitative estimate of drug-likeness (QED) is 0.434. The lowest BCUT2D eigenvalue weighted by molar-refractivity contribution is 0.0468. The van der Waals surface area contributed by atoms with E-state index in [1.54, 1.807) is 38.3 Å². The number of benzene rings is 2. The summed E-state index contributed by atoms with van der Waals surface area (Å²) in [6.45, 7) is 1.85. The van der Waals surface area contributed by atoms with Gasteiger partial charge in [-0.05, 0) is 55.5 Å². The molecule has 7 nitrogen and oxygen atoms in total. The normalized spacial score (nSPS) is 10.7. The number of carbonyl (C=O) groups excluding carboxylic acids is 1. The van der Waals surface area contributed by atoms with Crippen molar-refractivity contribution < 1.29 is 18.8 Å². The van der Waals surface area contributed by atoms with Gasteiger partial charge in [0.05, 0.1) is 18.4 Å². The van der Waals surface area contributed by atoms with Crippen molar-refractivity contribution in [3.63, 3.8) is 0 Å². The number of nitrogens with zero attached hydrogens (tertiary/aromatic N) is 3. The fourth-order valence-electron chi connectivity index (χ4n) is 2.63. The number of thiazole rings is 1. The van der Waals surface area contributed by atoms with E-state index in [2.05, 4.69) is 15.1 Å². The maximum absolute atomic E-state index is 12.3. The Bertz CT molecular complexity index is 1120. The molecular formula is C21H17N3O4S. The lowest BCUT2D eigenvalue weighted by Crippen LogP contribution is -2.05. The highest BCUT2D eigenvalue weighted by atomic mass is 32.1. The first kappa shape index (κ1) is 18.8. The van der Waals surface area contributed by atoms with Gasteiger partial charge in [0.15, 0.2) is 5.82 Å². The topological polar surface area (TPSA) is 87.3 Å². The van der Waals surface area contributed by atoms with Crippen LogP contribution in [0.15, 0.2) is 58.4 Å². The molecule has 4 rings (SSSR count). The van der Waals surface area contributed by atoms with E-state index in [0.717, 1.165) is 21.9 Å². The molecule has 2 aromatic heterocycles. The van der Waals surface area contributed by atoms with Crippen molar-refractivity contribution >= 4 is 17.3 Å². The number of hydrogen-bond acceptors (Lipinski definition) is 8. The van der Waals surface area contributed by atoms with Crippen LogP contribution < -0.4 is 4.74 Å². The highest BCUT2D eigenvalue weighted by Gasteiger charge is 2.12. The summed E-state index contributed by atoms with van der Waals surface area (Å²) in [5.74, 6) is 1.34. The zero-order valence-electron chi connectivity index (χ0n) is 15.8. The molecule has 29 heavy (non-hydrogen) atoms. The first-order chi connectivity index (χ1) is 14.1. The molecule has 0 aliphatic carbocycles. The summed E-state index contributed by atoms with van der Waals surface area (Å²) in [4.78, 5) is 21.0. The van der Waals surface area contributed by atoms with Crippen molar-refractivity contribution in [3.05, 3.63) is 71.0 Å². The molecule has 0 N–H and O–H groups in total. The highest BCUT2D eigenvalue weighted by molar-refractivity contribution is 7.13. The number of carbonyl (C=O) groups is 1. The van der Waals surface area contributed by atoms with Gasteiger partial charge in [-0.1, -0.05) is 5.16 Å². The molecule has 0 bridgehead atoms. The third-order valence-electron chi connectivity index (χ3n) is 4.13. The lowest BCUT2D eigenvalue weighted by atomic mass is 10.1. The molecular weight excluding hydrogens is 390 g/mol. The third kappa shape index (κ3) is 4.33. The molecule has 8 heteroatoms. The fourth-order valence-corrected chi connectivity index (χ4v) is 3.44. The molecule has 2 heterocycles. The van der Waals surface area contributed by atoms with Crippen molar-refractivity contribution in [1.82, 2.24) is 15.1 Å². The zero-order valence-corrected chi connectivity index (χ0v) is 16.6. The standard InChI is InChI=1S/C21H17N3O4S/c1-13-22-19(28-24-13)14-3-5-16(6-4-14)21(25)27-11-17-12-29-20(23-17)15-7-9-18(26-2)10-8-15/h3-10,12H,11H2,1-2H3. The van der Waals surface area contributed by atoms with E-state index in [9.17, 15) is 4.79 Å². The lowest BCUT2D eigenvalue weighted by Gasteiger charge is -2.03. The Morgan fingerprint density at radius 2 is 1.76 bits per heavy atom. The fraction of sp³-hybridized carbons (Fsp3) is 0.143. The first-order valence-electron chi connectivity index (χ1n) is 8.79. The van der Waals surface area contributed by atoms with Gasteiger partial charge in [-0.15, -0.1) is 11.3 Å². The Morgan fingerprint density at radius 1 is 1.03 bits per heavy atom. The van der Waals surface area contributed by atoms with Gasteiger partial charge < -0.3 is 14.0 Å². The summed E-state index contributed by atoms with van der Waals surface area (Å²) >= 11 is 1.50. The minimum absolute atomic E-state index is 0.107. The monoisotopic (exact) mass is 407 g/mol. The van der Waals surface area contributed by atoms with E-state index >= 15 is 0 Å². The van der Waals surface area contributed by atoms with Crippen molar-refractivity contribution in [2.45, 2.75) is 13.5 Å². The predicted molar refractivity (Wildman–Crippen MR) is 108 cm³/mol. The van der Waals surface area contributed by atoms with E-state index < -0.39 is 5.97 Å². The van der Waals surface area contributed by atoms with Gasteiger partial charge >= 0.3 is 5.97 Å². The van der Waals surface area contributed by atoms with Crippen LogP contribution in [-0.2, 0) is 11.3 Å². The molecule has 2 aromatic carbocycles. The summed E-state index contributed by atoms with van der Waals surface area (Å²) in [6.07, 6.45) is 0. The smallest absolute Gasteiger partial charge is 0.338 e. The van der Waals surface area contributed by atoms with Crippen LogP contribution in [0.4, 0.5) is 0 Å². The van der Waals surface area contributed by atoms with Crippen molar-refractivity contribution in [3.8, 4) is 27.8 Å². The predicted octanol–water partition coefficient (Wildman–Crippen LogP) is 4.53. The van der Waals surface area contributed by atoms with Gasteiger partial charge in [-0.25, -0.2) is 9.78 Å². The van der Waals surface area contributed by atoms with Gasteiger partial charge in [0.25, 0.3) is 5.89 Å². The molecule has 146 valence electrons. The molecule has 0 aliphatic rings. The Morgan fingerprint density at radius 3 is 2.41 bits per heavy atom. The number of methoxy groups -OCH3 is 1. The van der Waals surface area contributed by atoms with E-state index in [0.29, 0.717) is 23.0 Å². The van der Waals surface area contributed by atoms with Crippen LogP contribution in [0.3, 0.4) is 0 Å². The largest absolute Gasteiger partial charge is 0.497 e. The van der Waals surface area contributed by atoms with Crippen LogP contribution in [0.5, 0.6) is 5.75 Å². The molecule has 0 radical (unpaired) electrons. The van der Waals surface area contributed by atoms with Crippen LogP contribution in [0.1, 0.15) is 21.9 Å². The zero-order chi connectivity index (χ0) is 20.2. The van der Waals surface area contributed by atoms with Gasteiger partial charge in [-0.3, -0.25) is 0 Å². The van der Waals surface area contributed by atoms with Crippen LogP contribution in [0.2, 0.25) is 0 Å². The molecule has 0 fully saturated rings. The van der Waals surface area contributed by atoms with Crippen molar-refractivity contribution in [1.29, 1.82) is 0 Å². The van der Waals surface area contributed by atoms with Gasteiger partial charge in [-0.2, -0.15) is 4.98 Å². The molecule has 0 amide bonds. The Labute approximate surface area is 170 Å². The maximum Gasteiger partial charge on any atom is 0.338 e. The molecule has 0 aliphatic heterocycles. The molecule has 0 spiro atoms. The summed E-state index contributed by atoms with van der Waals surface area (Å²) < 4.78 is 15.7. The second-order valence-corrected chi connectivity index (χ2v) is 7.03. The van der Waals surface area contributed by atoms with E-state index in [4.69, 9.17) is 14.0 Å². The van der Waals surface area contributed by atoms with Crippen LogP contribution in [-0.4, -0.2) is 28.2 Å². The van der Waals surface area contributed by atoms with Crippen molar-refractivity contribution in [2.24, 2.45) is 0 Å².